The number of nitrogens with two attached hydrogens (primary N) is 1. The second-order valence-corrected chi connectivity index (χ2v) is 6.08. The fraction of sp³-hybridized carbons (Fsp3) is 0.529. The summed E-state index contributed by atoms with van der Waals surface area (Å²) in [6, 6.07) is 3.69. The molecule has 0 unspecified atom stereocenters. The number of guanidine groups is 1. The lowest BCUT2D eigenvalue weighted by Gasteiger charge is -2.32. The van der Waals surface area contributed by atoms with Gasteiger partial charge in [0.25, 0.3) is 0 Å². The van der Waals surface area contributed by atoms with Crippen LogP contribution in [0.5, 0.6) is 5.75 Å². The van der Waals surface area contributed by atoms with E-state index in [1.807, 2.05) is 4.90 Å². The fourth-order valence-corrected chi connectivity index (χ4v) is 2.75. The molecule has 1 aliphatic rings. The summed E-state index contributed by atoms with van der Waals surface area (Å²) >= 11 is 0. The van der Waals surface area contributed by atoms with Crippen LogP contribution in [-0.2, 0) is 4.79 Å². The van der Waals surface area contributed by atoms with Gasteiger partial charge in [0.2, 0.25) is 5.91 Å². The van der Waals surface area contributed by atoms with E-state index in [1.54, 1.807) is 7.05 Å². The van der Waals surface area contributed by atoms with Crippen LogP contribution in [0.4, 0.5) is 8.78 Å². The molecule has 7 nitrogen and oxygen atoms in total. The zero-order chi connectivity index (χ0) is 18.9. The average molecular weight is 497 g/mol. The fourth-order valence-electron chi connectivity index (χ4n) is 2.75. The summed E-state index contributed by atoms with van der Waals surface area (Å²) in [7, 11) is 1.67. The van der Waals surface area contributed by atoms with Gasteiger partial charge in [-0.3, -0.25) is 14.7 Å². The summed E-state index contributed by atoms with van der Waals surface area (Å²) in [6.45, 7) is 2.64. The number of rotatable bonds is 7. The number of benzene rings is 1. The molecule has 0 atom stereocenters. The normalized spacial score (nSPS) is 15.7. The molecule has 1 fully saturated rings. The number of carbonyl (C=O) groups is 1. The Balaban J connectivity index is 0.00000364. The second kappa shape index (κ2) is 11.9. The third-order valence-corrected chi connectivity index (χ3v) is 4.09. The van der Waals surface area contributed by atoms with Gasteiger partial charge in [0.05, 0.1) is 13.1 Å². The first kappa shape index (κ1) is 23.3. The Labute approximate surface area is 174 Å². The number of ether oxygens (including phenoxy) is 1. The number of likely N-dealkylation sites (tertiary alicyclic amines) is 1. The molecule has 4 N–H and O–H groups in total. The summed E-state index contributed by atoms with van der Waals surface area (Å²) in [5.41, 5.74) is 5.21. The van der Waals surface area contributed by atoms with Gasteiger partial charge in [-0.25, -0.2) is 8.78 Å². The Hall–Kier alpha value is -1.69. The predicted molar refractivity (Wildman–Crippen MR) is 110 cm³/mol. The predicted octanol–water partition coefficient (Wildman–Crippen LogP) is 1.08. The Morgan fingerprint density at radius 3 is 2.63 bits per heavy atom. The van der Waals surface area contributed by atoms with Crippen LogP contribution in [0, 0.1) is 11.6 Å². The summed E-state index contributed by atoms with van der Waals surface area (Å²) in [4.78, 5) is 17.1. The molecule has 0 radical (unpaired) electrons. The standard InChI is InChI=1S/C17H25F2N5O2.HI/c1-21-17(23-12-4-7-24(8-5-12)11-16(20)25)22-6-9-26-13-2-3-14(18)15(19)10-13;/h2-3,10,12H,4-9,11H2,1H3,(H2,20,25)(H2,21,22,23);1H. The second-order valence-electron chi connectivity index (χ2n) is 6.08. The van der Waals surface area contributed by atoms with Crippen molar-refractivity contribution in [1.29, 1.82) is 0 Å². The lowest BCUT2D eigenvalue weighted by Crippen LogP contribution is -2.50. The van der Waals surface area contributed by atoms with Crippen molar-refractivity contribution in [3.05, 3.63) is 29.8 Å². The van der Waals surface area contributed by atoms with Crippen LogP contribution in [0.2, 0.25) is 0 Å². The quantitative estimate of drug-likeness (QED) is 0.227. The van der Waals surface area contributed by atoms with Gasteiger partial charge in [-0.15, -0.1) is 24.0 Å². The number of aliphatic imine (C=N–C) groups is 1. The average Bonchev–Trinajstić information content (AvgIpc) is 2.61. The van der Waals surface area contributed by atoms with E-state index in [2.05, 4.69) is 15.6 Å². The third-order valence-electron chi connectivity index (χ3n) is 4.09. The molecule has 0 aromatic heterocycles. The highest BCUT2D eigenvalue weighted by Gasteiger charge is 2.20. The van der Waals surface area contributed by atoms with Gasteiger partial charge in [0, 0.05) is 32.2 Å². The Bertz CT molecular complexity index is 640. The van der Waals surface area contributed by atoms with Gasteiger partial charge in [0.15, 0.2) is 17.6 Å². The van der Waals surface area contributed by atoms with E-state index in [-0.39, 0.29) is 48.3 Å². The van der Waals surface area contributed by atoms with Gasteiger partial charge in [-0.2, -0.15) is 0 Å². The van der Waals surface area contributed by atoms with Crippen LogP contribution >= 0.6 is 24.0 Å². The SMILES string of the molecule is CN=C(NCCOc1ccc(F)c(F)c1)NC1CCN(CC(N)=O)CC1.I. The molecule has 0 spiro atoms. The van der Waals surface area contributed by atoms with Crippen LogP contribution in [0.15, 0.2) is 23.2 Å². The zero-order valence-electron chi connectivity index (χ0n) is 15.2. The monoisotopic (exact) mass is 497 g/mol. The minimum absolute atomic E-state index is 0. The van der Waals surface area contributed by atoms with E-state index in [9.17, 15) is 13.6 Å². The number of nitrogens with zero attached hydrogens (tertiary/aromatic N) is 2. The van der Waals surface area contributed by atoms with Crippen molar-refractivity contribution >= 4 is 35.8 Å². The molecule has 1 aromatic rings. The van der Waals surface area contributed by atoms with Crippen molar-refractivity contribution in [2.75, 3.05) is 39.8 Å². The van der Waals surface area contributed by atoms with Crippen molar-refractivity contribution in [3.8, 4) is 5.75 Å². The maximum atomic E-state index is 13.1. The Kier molecular flexibility index (Phi) is 10.3. The molecule has 10 heteroatoms. The highest BCUT2D eigenvalue weighted by atomic mass is 127. The zero-order valence-corrected chi connectivity index (χ0v) is 17.5. The Morgan fingerprint density at radius 2 is 2.04 bits per heavy atom. The molecule has 152 valence electrons. The van der Waals surface area contributed by atoms with E-state index >= 15 is 0 Å². The first-order valence-corrected chi connectivity index (χ1v) is 8.53. The topological polar surface area (TPSA) is 92.0 Å². The summed E-state index contributed by atoms with van der Waals surface area (Å²) in [5.74, 6) is -1.23. The highest BCUT2D eigenvalue weighted by Crippen LogP contribution is 2.15. The van der Waals surface area contributed by atoms with Crippen molar-refractivity contribution in [3.63, 3.8) is 0 Å². The number of nitrogens with one attached hydrogen (secondary N) is 2. The van der Waals surface area contributed by atoms with Crippen LogP contribution < -0.4 is 21.1 Å². The lowest BCUT2D eigenvalue weighted by molar-refractivity contribution is -0.119. The number of halogens is 3. The third kappa shape index (κ3) is 8.24. The van der Waals surface area contributed by atoms with Gasteiger partial charge in [-0.05, 0) is 25.0 Å². The lowest BCUT2D eigenvalue weighted by atomic mass is 10.1. The molecule has 1 saturated heterocycles. The van der Waals surface area contributed by atoms with Gasteiger partial charge in [0.1, 0.15) is 12.4 Å². The van der Waals surface area contributed by atoms with Crippen LogP contribution in [-0.4, -0.2) is 62.6 Å². The van der Waals surface area contributed by atoms with Crippen LogP contribution in [0.25, 0.3) is 0 Å². The van der Waals surface area contributed by atoms with E-state index in [0.29, 0.717) is 19.0 Å². The number of primary amides is 1. The van der Waals surface area contributed by atoms with Crippen molar-refractivity contribution in [2.45, 2.75) is 18.9 Å². The first-order valence-electron chi connectivity index (χ1n) is 8.53. The highest BCUT2D eigenvalue weighted by molar-refractivity contribution is 14.0. The first-order chi connectivity index (χ1) is 12.5. The number of carbonyl (C=O) groups excluding carboxylic acids is 1. The smallest absolute Gasteiger partial charge is 0.231 e. The molecule has 1 amide bonds. The Morgan fingerprint density at radius 1 is 1.33 bits per heavy atom. The van der Waals surface area contributed by atoms with Gasteiger partial charge >= 0.3 is 0 Å². The van der Waals surface area contributed by atoms with E-state index in [4.69, 9.17) is 10.5 Å². The summed E-state index contributed by atoms with van der Waals surface area (Å²) in [6.07, 6.45) is 1.78. The van der Waals surface area contributed by atoms with Crippen molar-refractivity contribution in [2.24, 2.45) is 10.7 Å². The molecule has 0 saturated carbocycles. The molecule has 0 bridgehead atoms. The molecule has 1 aliphatic heterocycles. The number of hydrogen-bond donors (Lipinski definition) is 3. The van der Waals surface area contributed by atoms with E-state index < -0.39 is 11.6 Å². The van der Waals surface area contributed by atoms with Crippen LogP contribution in [0.3, 0.4) is 0 Å². The largest absolute Gasteiger partial charge is 0.492 e. The van der Waals surface area contributed by atoms with Crippen molar-refractivity contribution in [1.82, 2.24) is 15.5 Å². The van der Waals surface area contributed by atoms with Gasteiger partial charge in [-0.1, -0.05) is 0 Å². The molecule has 1 heterocycles. The number of hydrogen-bond acceptors (Lipinski definition) is 4. The van der Waals surface area contributed by atoms with Gasteiger partial charge < -0.3 is 21.1 Å². The summed E-state index contributed by atoms with van der Waals surface area (Å²) < 4.78 is 31.3. The number of amides is 1. The number of piperidine rings is 1. The molecular weight excluding hydrogens is 471 g/mol. The minimum Gasteiger partial charge on any atom is -0.492 e. The van der Waals surface area contributed by atoms with Crippen molar-refractivity contribution < 1.29 is 18.3 Å². The van der Waals surface area contributed by atoms with Crippen LogP contribution in [0.1, 0.15) is 12.8 Å². The molecule has 1 aromatic carbocycles. The molecule has 2 rings (SSSR count). The maximum absolute atomic E-state index is 13.1. The van der Waals surface area contributed by atoms with E-state index in [1.165, 1.54) is 6.07 Å². The summed E-state index contributed by atoms with van der Waals surface area (Å²) in [5, 5.41) is 6.44. The molecule has 0 aliphatic carbocycles. The van der Waals surface area contributed by atoms with E-state index in [0.717, 1.165) is 38.1 Å². The minimum atomic E-state index is -0.935. The molecule has 27 heavy (non-hydrogen) atoms. The maximum Gasteiger partial charge on any atom is 0.231 e. The molecular formula is C17H26F2IN5O2.